The van der Waals surface area contributed by atoms with Crippen LogP contribution in [-0.4, -0.2) is 28.1 Å². The molecule has 0 bridgehead atoms. The summed E-state index contributed by atoms with van der Waals surface area (Å²) >= 11 is 0. The minimum atomic E-state index is -1.17. The number of carboxylic acids is 1. The Morgan fingerprint density at radius 1 is 0.944 bits per heavy atom. The lowest BCUT2D eigenvalue weighted by atomic mass is 10.0. The zero-order valence-corrected chi connectivity index (χ0v) is 20.3. The highest BCUT2D eigenvalue weighted by atomic mass is 16.6. The fourth-order valence-corrected chi connectivity index (χ4v) is 3.78. The summed E-state index contributed by atoms with van der Waals surface area (Å²) in [5.41, 5.74) is 0.789. The molecule has 188 valence electrons. The standard InChI is InChI=1S/C28H29NO7/c1-3-4-5-7-10-19(2)35-25-16-14-22(17-24(25)29(33)34)28(32)36-26-18-21(27(30)31)13-15-23(26)20-11-8-6-9-12-20/h6,8-9,11-19H,3-5,7,10H2,1-2H3,(H,30,31). The van der Waals surface area contributed by atoms with Crippen LogP contribution in [0.4, 0.5) is 5.69 Å². The molecule has 0 heterocycles. The largest absolute Gasteiger partial charge is 0.484 e. The second-order valence-corrected chi connectivity index (χ2v) is 8.49. The lowest BCUT2D eigenvalue weighted by molar-refractivity contribution is -0.386. The Labute approximate surface area is 209 Å². The molecule has 0 saturated heterocycles. The van der Waals surface area contributed by atoms with Gasteiger partial charge in [0.2, 0.25) is 0 Å². The minimum absolute atomic E-state index is 0.0368. The van der Waals surface area contributed by atoms with E-state index in [4.69, 9.17) is 9.47 Å². The van der Waals surface area contributed by atoms with Crippen LogP contribution in [0, 0.1) is 10.1 Å². The number of carbonyl (C=O) groups excluding carboxylic acids is 1. The van der Waals surface area contributed by atoms with Gasteiger partial charge in [0.1, 0.15) is 5.75 Å². The maximum Gasteiger partial charge on any atom is 0.343 e. The fraction of sp³-hybridized carbons (Fsp3) is 0.286. The predicted octanol–water partition coefficient (Wildman–Crippen LogP) is 6.92. The van der Waals surface area contributed by atoms with Crippen molar-refractivity contribution >= 4 is 17.6 Å². The number of benzene rings is 3. The lowest BCUT2D eigenvalue weighted by Crippen LogP contribution is -2.14. The monoisotopic (exact) mass is 491 g/mol. The summed E-state index contributed by atoms with van der Waals surface area (Å²) in [5.74, 6) is -1.91. The Balaban J connectivity index is 1.84. The first kappa shape index (κ1) is 26.4. The number of nitro groups is 1. The van der Waals surface area contributed by atoms with E-state index >= 15 is 0 Å². The van der Waals surface area contributed by atoms with Crippen molar-refractivity contribution in [2.24, 2.45) is 0 Å². The zero-order chi connectivity index (χ0) is 26.1. The highest BCUT2D eigenvalue weighted by Gasteiger charge is 2.22. The van der Waals surface area contributed by atoms with E-state index in [0.29, 0.717) is 5.56 Å². The van der Waals surface area contributed by atoms with Gasteiger partial charge in [0.15, 0.2) is 5.75 Å². The number of carbonyl (C=O) groups is 2. The molecule has 8 heteroatoms. The Kier molecular flexibility index (Phi) is 9.16. The molecule has 0 aliphatic heterocycles. The van der Waals surface area contributed by atoms with Crippen molar-refractivity contribution in [3.05, 3.63) is 88.0 Å². The number of esters is 1. The van der Waals surface area contributed by atoms with Crippen LogP contribution in [0.1, 0.15) is 66.7 Å². The first-order valence-corrected chi connectivity index (χ1v) is 11.9. The molecule has 3 aromatic carbocycles. The molecule has 0 aliphatic rings. The van der Waals surface area contributed by atoms with Gasteiger partial charge in [0.25, 0.3) is 0 Å². The van der Waals surface area contributed by atoms with Crippen molar-refractivity contribution in [3.63, 3.8) is 0 Å². The van der Waals surface area contributed by atoms with Gasteiger partial charge in [-0.3, -0.25) is 10.1 Å². The number of ether oxygens (including phenoxy) is 2. The van der Waals surface area contributed by atoms with Gasteiger partial charge in [-0.25, -0.2) is 9.59 Å². The number of hydrogen-bond acceptors (Lipinski definition) is 6. The van der Waals surface area contributed by atoms with Gasteiger partial charge >= 0.3 is 17.6 Å². The van der Waals surface area contributed by atoms with E-state index in [-0.39, 0.29) is 34.4 Å². The van der Waals surface area contributed by atoms with Crippen LogP contribution in [0.25, 0.3) is 11.1 Å². The molecule has 3 rings (SSSR count). The summed E-state index contributed by atoms with van der Waals surface area (Å²) in [6.07, 6.45) is 4.84. The third-order valence-corrected chi connectivity index (χ3v) is 5.70. The molecule has 0 saturated carbocycles. The number of hydrogen-bond donors (Lipinski definition) is 1. The molecule has 0 aliphatic carbocycles. The molecule has 0 aromatic heterocycles. The maximum atomic E-state index is 13.0. The topological polar surface area (TPSA) is 116 Å². The molecule has 0 fully saturated rings. The predicted molar refractivity (Wildman–Crippen MR) is 136 cm³/mol. The molecule has 36 heavy (non-hydrogen) atoms. The van der Waals surface area contributed by atoms with Crippen LogP contribution in [0.3, 0.4) is 0 Å². The van der Waals surface area contributed by atoms with E-state index in [1.54, 1.807) is 30.3 Å². The molecule has 8 nitrogen and oxygen atoms in total. The van der Waals surface area contributed by atoms with Crippen LogP contribution in [0.15, 0.2) is 66.7 Å². The highest BCUT2D eigenvalue weighted by molar-refractivity contribution is 5.95. The normalized spacial score (nSPS) is 11.5. The Morgan fingerprint density at radius 2 is 1.67 bits per heavy atom. The third kappa shape index (κ3) is 6.91. The van der Waals surface area contributed by atoms with Gasteiger partial charge in [-0.15, -0.1) is 0 Å². The van der Waals surface area contributed by atoms with Gasteiger partial charge in [-0.05, 0) is 55.7 Å². The van der Waals surface area contributed by atoms with Crippen LogP contribution in [0.2, 0.25) is 0 Å². The van der Waals surface area contributed by atoms with Gasteiger partial charge in [-0.2, -0.15) is 0 Å². The summed E-state index contributed by atoms with van der Waals surface area (Å²) in [4.78, 5) is 35.5. The average molecular weight is 492 g/mol. The van der Waals surface area contributed by atoms with Crippen molar-refractivity contribution < 1.29 is 29.1 Å². The SMILES string of the molecule is CCCCCCC(C)Oc1ccc(C(=O)Oc2cc(C(=O)O)ccc2-c2ccccc2)cc1[N+](=O)[O-]. The first-order chi connectivity index (χ1) is 17.3. The number of rotatable bonds is 12. The second kappa shape index (κ2) is 12.5. The summed E-state index contributed by atoms with van der Waals surface area (Å²) in [5, 5.41) is 21.1. The third-order valence-electron chi connectivity index (χ3n) is 5.70. The maximum absolute atomic E-state index is 13.0. The second-order valence-electron chi connectivity index (χ2n) is 8.49. The van der Waals surface area contributed by atoms with E-state index in [1.165, 1.54) is 24.3 Å². The van der Waals surface area contributed by atoms with Crippen molar-refractivity contribution in [1.29, 1.82) is 0 Å². The van der Waals surface area contributed by atoms with E-state index in [1.807, 2.05) is 13.0 Å². The smallest absolute Gasteiger partial charge is 0.343 e. The molecular formula is C28H29NO7. The molecule has 3 aromatic rings. The van der Waals surface area contributed by atoms with E-state index in [2.05, 4.69) is 6.92 Å². The van der Waals surface area contributed by atoms with Gasteiger partial charge < -0.3 is 14.6 Å². The van der Waals surface area contributed by atoms with Crippen LogP contribution < -0.4 is 9.47 Å². The Bertz CT molecular complexity index is 1220. The summed E-state index contributed by atoms with van der Waals surface area (Å²) in [6.45, 7) is 3.99. The van der Waals surface area contributed by atoms with Crippen molar-refractivity contribution in [2.75, 3.05) is 0 Å². The molecule has 1 unspecified atom stereocenters. The number of unbranched alkanes of at least 4 members (excludes halogenated alkanes) is 3. The van der Waals surface area contributed by atoms with Crippen molar-refractivity contribution in [3.8, 4) is 22.6 Å². The Hall–Kier alpha value is -4.20. The molecule has 1 atom stereocenters. The summed E-state index contributed by atoms with van der Waals surface area (Å²) in [6, 6.07) is 17.2. The number of nitro benzene ring substituents is 1. The van der Waals surface area contributed by atoms with Gasteiger partial charge in [-0.1, -0.05) is 56.5 Å². The van der Waals surface area contributed by atoms with Crippen LogP contribution >= 0.6 is 0 Å². The molecule has 1 N–H and O–H groups in total. The van der Waals surface area contributed by atoms with Gasteiger partial charge in [0.05, 0.1) is 22.2 Å². The summed E-state index contributed by atoms with van der Waals surface area (Å²) in [7, 11) is 0. The quantitative estimate of drug-likeness (QED) is 0.0961. The highest BCUT2D eigenvalue weighted by Crippen LogP contribution is 2.33. The van der Waals surface area contributed by atoms with Crippen LogP contribution in [-0.2, 0) is 0 Å². The zero-order valence-electron chi connectivity index (χ0n) is 20.3. The molecule has 0 spiro atoms. The first-order valence-electron chi connectivity index (χ1n) is 11.9. The number of aromatic carboxylic acids is 1. The lowest BCUT2D eigenvalue weighted by Gasteiger charge is -2.15. The number of carboxylic acid groups (broad SMARTS) is 1. The number of nitrogens with zero attached hydrogens (tertiary/aromatic N) is 1. The molecule has 0 radical (unpaired) electrons. The molecule has 0 amide bonds. The summed E-state index contributed by atoms with van der Waals surface area (Å²) < 4.78 is 11.3. The van der Waals surface area contributed by atoms with Gasteiger partial charge in [0, 0.05) is 11.6 Å². The average Bonchev–Trinajstić information content (AvgIpc) is 2.87. The molecular weight excluding hydrogens is 462 g/mol. The Morgan fingerprint density at radius 3 is 2.33 bits per heavy atom. The van der Waals surface area contributed by atoms with Crippen molar-refractivity contribution in [1.82, 2.24) is 0 Å². The van der Waals surface area contributed by atoms with E-state index < -0.39 is 16.9 Å². The minimum Gasteiger partial charge on any atom is -0.484 e. The van der Waals surface area contributed by atoms with Crippen LogP contribution in [0.5, 0.6) is 11.5 Å². The van der Waals surface area contributed by atoms with E-state index in [9.17, 15) is 24.8 Å². The fourth-order valence-electron chi connectivity index (χ4n) is 3.78. The van der Waals surface area contributed by atoms with Crippen molar-refractivity contribution in [2.45, 2.75) is 52.1 Å². The van der Waals surface area contributed by atoms with E-state index in [0.717, 1.165) is 43.7 Å².